The van der Waals surface area contributed by atoms with Crippen LogP contribution in [-0.2, 0) is 6.54 Å². The number of nitrogens with one attached hydrogen (secondary N) is 1. The minimum absolute atomic E-state index is 0.190. The van der Waals surface area contributed by atoms with Gasteiger partial charge in [0.1, 0.15) is 5.69 Å². The topological polar surface area (TPSA) is 75.0 Å². The van der Waals surface area contributed by atoms with Crippen molar-refractivity contribution in [2.75, 3.05) is 12.8 Å². The molecule has 0 aliphatic rings. The SMILES string of the molecule is CN(Cc1ccc(Cl)s1)C(=O)c1[nH]ncc1N. The van der Waals surface area contributed by atoms with Crippen LogP contribution in [-0.4, -0.2) is 28.1 Å². The lowest BCUT2D eigenvalue weighted by Gasteiger charge is -2.15. The minimum Gasteiger partial charge on any atom is -0.396 e. The number of nitrogen functional groups attached to an aromatic ring is 1. The number of amides is 1. The van der Waals surface area contributed by atoms with Gasteiger partial charge in [-0.2, -0.15) is 5.10 Å². The molecule has 2 rings (SSSR count). The van der Waals surface area contributed by atoms with Crippen LogP contribution in [0.4, 0.5) is 5.69 Å². The molecule has 0 spiro atoms. The van der Waals surface area contributed by atoms with Gasteiger partial charge >= 0.3 is 0 Å². The van der Waals surface area contributed by atoms with Gasteiger partial charge in [-0.1, -0.05) is 11.6 Å². The number of halogens is 1. The fourth-order valence-corrected chi connectivity index (χ4v) is 2.54. The van der Waals surface area contributed by atoms with Gasteiger partial charge in [0.2, 0.25) is 0 Å². The Morgan fingerprint density at radius 1 is 1.65 bits per heavy atom. The second-order valence-electron chi connectivity index (χ2n) is 3.57. The molecule has 0 aliphatic carbocycles. The molecule has 0 atom stereocenters. The van der Waals surface area contributed by atoms with E-state index in [2.05, 4.69) is 10.2 Å². The number of nitrogens with two attached hydrogens (primary N) is 1. The molecule has 0 radical (unpaired) electrons. The van der Waals surface area contributed by atoms with Crippen molar-refractivity contribution in [1.82, 2.24) is 15.1 Å². The molecule has 0 aromatic carbocycles. The van der Waals surface area contributed by atoms with E-state index >= 15 is 0 Å². The van der Waals surface area contributed by atoms with Crippen LogP contribution in [0.1, 0.15) is 15.4 Å². The van der Waals surface area contributed by atoms with Crippen LogP contribution in [0.25, 0.3) is 0 Å². The van der Waals surface area contributed by atoms with E-state index in [9.17, 15) is 4.79 Å². The Morgan fingerprint density at radius 3 is 2.94 bits per heavy atom. The van der Waals surface area contributed by atoms with Gasteiger partial charge in [-0.3, -0.25) is 9.89 Å². The number of thiophene rings is 1. The lowest BCUT2D eigenvalue weighted by molar-refractivity contribution is 0.0781. The van der Waals surface area contributed by atoms with E-state index in [0.29, 0.717) is 22.3 Å². The molecule has 0 fully saturated rings. The number of anilines is 1. The standard InChI is InChI=1S/C10H11ClN4OS/c1-15(5-6-2-3-8(11)17-6)10(16)9-7(12)4-13-14-9/h2-4H,5,12H2,1H3,(H,13,14). The van der Waals surface area contributed by atoms with E-state index in [1.54, 1.807) is 11.9 Å². The van der Waals surface area contributed by atoms with E-state index in [1.165, 1.54) is 17.5 Å². The van der Waals surface area contributed by atoms with E-state index in [1.807, 2.05) is 12.1 Å². The molecule has 17 heavy (non-hydrogen) atoms. The summed E-state index contributed by atoms with van der Waals surface area (Å²) in [5.74, 6) is -0.190. The maximum absolute atomic E-state index is 12.0. The van der Waals surface area contributed by atoms with Crippen LogP contribution in [0.15, 0.2) is 18.3 Å². The highest BCUT2D eigenvalue weighted by Crippen LogP contribution is 2.23. The fraction of sp³-hybridized carbons (Fsp3) is 0.200. The van der Waals surface area contributed by atoms with Gasteiger partial charge in [-0.15, -0.1) is 11.3 Å². The fourth-order valence-electron chi connectivity index (χ4n) is 1.40. The zero-order valence-electron chi connectivity index (χ0n) is 9.11. The van der Waals surface area contributed by atoms with Crippen molar-refractivity contribution in [3.63, 3.8) is 0 Å². The first kappa shape index (κ1) is 11.9. The number of hydrogen-bond acceptors (Lipinski definition) is 4. The molecule has 0 saturated heterocycles. The Kier molecular flexibility index (Phi) is 3.35. The monoisotopic (exact) mass is 270 g/mol. The second-order valence-corrected chi connectivity index (χ2v) is 5.37. The van der Waals surface area contributed by atoms with Crippen molar-refractivity contribution in [2.45, 2.75) is 6.54 Å². The normalized spacial score (nSPS) is 10.5. The summed E-state index contributed by atoms with van der Waals surface area (Å²) in [6, 6.07) is 3.71. The van der Waals surface area contributed by atoms with E-state index < -0.39 is 0 Å². The Bertz CT molecular complexity index is 536. The summed E-state index contributed by atoms with van der Waals surface area (Å²) >= 11 is 7.28. The molecule has 2 heterocycles. The highest BCUT2D eigenvalue weighted by molar-refractivity contribution is 7.16. The number of carbonyl (C=O) groups is 1. The highest BCUT2D eigenvalue weighted by atomic mass is 35.5. The van der Waals surface area contributed by atoms with Gasteiger partial charge in [0.25, 0.3) is 5.91 Å². The number of carbonyl (C=O) groups excluding carboxylic acids is 1. The van der Waals surface area contributed by atoms with E-state index in [-0.39, 0.29) is 5.91 Å². The molecule has 0 bridgehead atoms. The number of nitrogens with zero attached hydrogens (tertiary/aromatic N) is 2. The van der Waals surface area contributed by atoms with Gasteiger partial charge in [0.05, 0.1) is 22.8 Å². The van der Waals surface area contributed by atoms with Crippen molar-refractivity contribution in [3.8, 4) is 0 Å². The van der Waals surface area contributed by atoms with Crippen molar-refractivity contribution in [3.05, 3.63) is 33.2 Å². The van der Waals surface area contributed by atoms with E-state index in [4.69, 9.17) is 17.3 Å². The summed E-state index contributed by atoms with van der Waals surface area (Å²) in [7, 11) is 1.70. The lowest BCUT2D eigenvalue weighted by Crippen LogP contribution is -2.26. The first-order chi connectivity index (χ1) is 8.08. The second kappa shape index (κ2) is 4.77. The van der Waals surface area contributed by atoms with Crippen molar-refractivity contribution >= 4 is 34.5 Å². The van der Waals surface area contributed by atoms with Crippen LogP contribution in [0.3, 0.4) is 0 Å². The number of H-pyrrole nitrogens is 1. The first-order valence-electron chi connectivity index (χ1n) is 4.86. The summed E-state index contributed by atoms with van der Waals surface area (Å²) < 4.78 is 0.710. The third-order valence-corrected chi connectivity index (χ3v) is 3.47. The van der Waals surface area contributed by atoms with Crippen molar-refractivity contribution in [2.24, 2.45) is 0 Å². The third kappa shape index (κ3) is 2.59. The number of rotatable bonds is 3. The van der Waals surface area contributed by atoms with Crippen molar-refractivity contribution < 1.29 is 4.79 Å². The Balaban J connectivity index is 2.08. The number of aromatic nitrogens is 2. The lowest BCUT2D eigenvalue weighted by atomic mass is 10.3. The molecule has 0 unspecified atom stereocenters. The van der Waals surface area contributed by atoms with Crippen LogP contribution < -0.4 is 5.73 Å². The van der Waals surface area contributed by atoms with Crippen LogP contribution in [0.2, 0.25) is 4.34 Å². The van der Waals surface area contributed by atoms with Crippen LogP contribution in [0, 0.1) is 0 Å². The molecule has 0 saturated carbocycles. The summed E-state index contributed by atoms with van der Waals surface area (Å²) in [6.45, 7) is 0.495. The molecule has 90 valence electrons. The van der Waals surface area contributed by atoms with Gasteiger partial charge in [-0.25, -0.2) is 0 Å². The van der Waals surface area contributed by atoms with Crippen LogP contribution in [0.5, 0.6) is 0 Å². The molecule has 0 aliphatic heterocycles. The zero-order valence-corrected chi connectivity index (χ0v) is 10.7. The summed E-state index contributed by atoms with van der Waals surface area (Å²) in [5, 5.41) is 6.31. The highest BCUT2D eigenvalue weighted by Gasteiger charge is 2.17. The molecule has 1 amide bonds. The summed E-state index contributed by atoms with van der Waals surface area (Å²) in [5.41, 5.74) is 6.28. The molecule has 5 nitrogen and oxygen atoms in total. The van der Waals surface area contributed by atoms with Crippen molar-refractivity contribution in [1.29, 1.82) is 0 Å². The predicted octanol–water partition coefficient (Wildman–Crippen LogP) is 1.98. The van der Waals surface area contributed by atoms with E-state index in [0.717, 1.165) is 4.88 Å². The molecule has 3 N–H and O–H groups in total. The number of aromatic amines is 1. The maximum Gasteiger partial charge on any atom is 0.274 e. The molecule has 2 aromatic heterocycles. The smallest absolute Gasteiger partial charge is 0.274 e. The zero-order chi connectivity index (χ0) is 12.4. The number of hydrogen-bond donors (Lipinski definition) is 2. The minimum atomic E-state index is -0.190. The summed E-state index contributed by atoms with van der Waals surface area (Å²) in [6.07, 6.45) is 1.42. The van der Waals surface area contributed by atoms with Gasteiger partial charge < -0.3 is 10.6 Å². The first-order valence-corrected chi connectivity index (χ1v) is 6.06. The molecule has 7 heteroatoms. The predicted molar refractivity (Wildman–Crippen MR) is 68.1 cm³/mol. The Labute approximate surface area is 107 Å². The average molecular weight is 271 g/mol. The summed E-state index contributed by atoms with van der Waals surface area (Å²) in [4.78, 5) is 14.6. The molecular weight excluding hydrogens is 260 g/mol. The maximum atomic E-state index is 12.0. The Morgan fingerprint density at radius 2 is 2.41 bits per heavy atom. The van der Waals surface area contributed by atoms with Crippen LogP contribution >= 0.6 is 22.9 Å². The largest absolute Gasteiger partial charge is 0.396 e. The van der Waals surface area contributed by atoms with Gasteiger partial charge in [0.15, 0.2) is 0 Å². The average Bonchev–Trinajstić information content (AvgIpc) is 2.86. The molecule has 2 aromatic rings. The molecular formula is C10H11ClN4OS. The van der Waals surface area contributed by atoms with Gasteiger partial charge in [0, 0.05) is 11.9 Å². The quantitative estimate of drug-likeness (QED) is 0.895. The third-order valence-electron chi connectivity index (χ3n) is 2.25. The van der Waals surface area contributed by atoms with Gasteiger partial charge in [-0.05, 0) is 12.1 Å². The Hall–Kier alpha value is -1.53.